The largest absolute Gasteiger partial charge is 0.388 e. The first-order chi connectivity index (χ1) is 15.5. The van der Waals surface area contributed by atoms with Crippen LogP contribution < -0.4 is 0 Å². The van der Waals surface area contributed by atoms with Gasteiger partial charge in [0.1, 0.15) is 0 Å². The van der Waals surface area contributed by atoms with Gasteiger partial charge in [0.25, 0.3) is 0 Å². The maximum absolute atomic E-state index is 10.6. The average molecular weight is 565 g/mol. The Labute approximate surface area is 214 Å². The minimum Gasteiger partial charge on any atom is -0.388 e. The molecule has 0 aliphatic rings. The second kappa shape index (κ2) is 12.0. The van der Waals surface area contributed by atoms with Gasteiger partial charge in [-0.25, -0.2) is 0 Å². The van der Waals surface area contributed by atoms with E-state index in [4.69, 9.17) is 0 Å². The molecule has 0 aromatic heterocycles. The zero-order valence-electron chi connectivity index (χ0n) is 21.0. The summed E-state index contributed by atoms with van der Waals surface area (Å²) in [6, 6.07) is 14.5. The molecule has 0 saturated carbocycles. The van der Waals surface area contributed by atoms with E-state index in [1.807, 2.05) is 18.2 Å². The Morgan fingerprint density at radius 3 is 2.03 bits per heavy atom. The van der Waals surface area contributed by atoms with Crippen LogP contribution in [0.3, 0.4) is 0 Å². The molecule has 0 radical (unpaired) electrons. The molecule has 0 saturated heterocycles. The van der Waals surface area contributed by atoms with Crippen LogP contribution in [-0.4, -0.2) is 21.4 Å². The summed E-state index contributed by atoms with van der Waals surface area (Å²) >= 11 is 2.36. The van der Waals surface area contributed by atoms with Crippen molar-refractivity contribution in [2.45, 2.75) is 91.5 Å². The lowest BCUT2D eigenvalue weighted by Gasteiger charge is -2.33. The zero-order valence-corrected chi connectivity index (χ0v) is 23.2. The van der Waals surface area contributed by atoms with Gasteiger partial charge in [-0.2, -0.15) is 0 Å². The van der Waals surface area contributed by atoms with Gasteiger partial charge in [0.2, 0.25) is 0 Å². The lowest BCUT2D eigenvalue weighted by molar-refractivity contribution is -0.0424. The van der Waals surface area contributed by atoms with E-state index < -0.39 is 12.4 Å². The summed E-state index contributed by atoms with van der Waals surface area (Å²) in [5.74, 6) is 0. The van der Waals surface area contributed by atoms with Crippen molar-refractivity contribution in [2.75, 3.05) is 0 Å². The molecule has 3 nitrogen and oxygen atoms in total. The molecule has 4 heteroatoms. The first kappa shape index (κ1) is 28.0. The lowest BCUT2D eigenvalue weighted by Crippen LogP contribution is -2.26. The van der Waals surface area contributed by atoms with E-state index in [1.54, 1.807) is 12.1 Å². The third-order valence-electron chi connectivity index (χ3n) is 7.07. The second-order valence-electron chi connectivity index (χ2n) is 10.2. The number of aliphatic hydroxyl groups excluding tert-OH is 2. The predicted molar refractivity (Wildman–Crippen MR) is 147 cm³/mol. The summed E-state index contributed by atoms with van der Waals surface area (Å²) in [6.45, 7) is 12.9. The Morgan fingerprint density at radius 2 is 1.55 bits per heavy atom. The van der Waals surface area contributed by atoms with Gasteiger partial charge in [-0.1, -0.05) is 84.0 Å². The molecule has 33 heavy (non-hydrogen) atoms. The lowest BCUT2D eigenvalue weighted by atomic mass is 9.71. The normalized spacial score (nSPS) is 14.1. The van der Waals surface area contributed by atoms with Gasteiger partial charge in [-0.05, 0) is 93.9 Å². The van der Waals surface area contributed by atoms with E-state index in [9.17, 15) is 15.3 Å². The molecule has 0 aliphatic carbocycles. The highest BCUT2D eigenvalue weighted by Gasteiger charge is 2.29. The summed E-state index contributed by atoms with van der Waals surface area (Å²) in [4.78, 5) is 0. The monoisotopic (exact) mass is 564 g/mol. The van der Waals surface area contributed by atoms with E-state index in [0.29, 0.717) is 5.56 Å². The van der Waals surface area contributed by atoms with Crippen LogP contribution in [0.4, 0.5) is 0 Å². The minimum absolute atomic E-state index is 0.0949. The van der Waals surface area contributed by atoms with Crippen LogP contribution in [0.1, 0.15) is 94.9 Å². The molecule has 2 aromatic carbocycles. The third-order valence-corrected chi connectivity index (χ3v) is 8.01. The molecule has 0 bridgehead atoms. The molecule has 0 spiro atoms. The van der Waals surface area contributed by atoms with Gasteiger partial charge in [0.05, 0.1) is 6.10 Å². The predicted octanol–water partition coefficient (Wildman–Crippen LogP) is 7.11. The highest BCUT2D eigenvalue weighted by molar-refractivity contribution is 14.1. The smallest absolute Gasteiger partial charge is 0.178 e. The van der Waals surface area contributed by atoms with Crippen LogP contribution in [0.5, 0.6) is 0 Å². The number of hydrogen-bond donors (Lipinski definition) is 3. The summed E-state index contributed by atoms with van der Waals surface area (Å²) in [5, 5.41) is 29.2. The van der Waals surface area contributed by atoms with E-state index >= 15 is 0 Å². The van der Waals surface area contributed by atoms with Crippen molar-refractivity contribution in [3.05, 3.63) is 76.4 Å². The Balaban J connectivity index is 2.33. The summed E-state index contributed by atoms with van der Waals surface area (Å²) in [5.41, 5.74) is 5.57. The van der Waals surface area contributed by atoms with Crippen molar-refractivity contribution in [3.8, 4) is 0 Å². The molecule has 1 atom stereocenters. The van der Waals surface area contributed by atoms with Gasteiger partial charge in [0.15, 0.2) is 6.29 Å². The summed E-state index contributed by atoms with van der Waals surface area (Å²) < 4.78 is 1.10. The average Bonchev–Trinajstić information content (AvgIpc) is 2.79. The molecule has 2 rings (SSSR count). The van der Waals surface area contributed by atoms with Crippen molar-refractivity contribution in [3.63, 3.8) is 0 Å². The van der Waals surface area contributed by atoms with Crippen molar-refractivity contribution in [1.82, 2.24) is 0 Å². The Hall–Kier alpha value is -1.21. The number of aliphatic hydroxyl groups is 3. The molecule has 0 fully saturated rings. The number of halogens is 1. The molecular weight excluding hydrogens is 523 g/mol. The Kier molecular flexibility index (Phi) is 10.2. The van der Waals surface area contributed by atoms with Gasteiger partial charge in [0, 0.05) is 9.14 Å². The number of aryl methyl sites for hydroxylation is 2. The highest BCUT2D eigenvalue weighted by atomic mass is 127. The quantitative estimate of drug-likeness (QED) is 0.213. The topological polar surface area (TPSA) is 60.7 Å². The molecule has 3 N–H and O–H groups in total. The molecule has 182 valence electrons. The Morgan fingerprint density at radius 1 is 0.939 bits per heavy atom. The molecule has 0 heterocycles. The van der Waals surface area contributed by atoms with E-state index in [2.05, 4.69) is 82.3 Å². The van der Waals surface area contributed by atoms with Gasteiger partial charge in [-0.3, -0.25) is 0 Å². The third kappa shape index (κ3) is 7.14. The fourth-order valence-corrected chi connectivity index (χ4v) is 5.19. The molecule has 0 amide bonds. The summed E-state index contributed by atoms with van der Waals surface area (Å²) in [7, 11) is 0. The zero-order chi connectivity index (χ0) is 24.8. The highest BCUT2D eigenvalue weighted by Crippen LogP contribution is 2.39. The van der Waals surface area contributed by atoms with Crippen molar-refractivity contribution in [1.29, 1.82) is 0 Å². The standard InChI is InChI=1S/C29H41IO3/c1-7-21-18-23(14-15-24(21)25(30)19-26(31)28(4,5)6)29(8-2,9-3)17-16-20-10-12-22(13-11-20)27(32)33/h10-15,18-19,26-27,31-33H,7-9,16-17H2,1-6H3. The van der Waals surface area contributed by atoms with E-state index in [-0.39, 0.29) is 10.8 Å². The van der Waals surface area contributed by atoms with E-state index in [1.165, 1.54) is 22.3 Å². The van der Waals surface area contributed by atoms with Crippen molar-refractivity contribution in [2.24, 2.45) is 5.41 Å². The van der Waals surface area contributed by atoms with Crippen LogP contribution >= 0.6 is 22.6 Å². The SMILES string of the molecule is CCc1cc(C(CC)(CC)CCc2ccc(C(O)O)cc2)ccc1C(I)=CC(O)C(C)(C)C. The van der Waals surface area contributed by atoms with Crippen LogP contribution in [-0.2, 0) is 18.3 Å². The first-order valence-corrected chi connectivity index (χ1v) is 13.2. The molecule has 2 aromatic rings. The molecule has 1 unspecified atom stereocenters. The van der Waals surface area contributed by atoms with Crippen LogP contribution in [0.2, 0.25) is 0 Å². The van der Waals surface area contributed by atoms with Crippen molar-refractivity contribution >= 4 is 26.2 Å². The fourth-order valence-electron chi connectivity index (χ4n) is 4.32. The maximum atomic E-state index is 10.6. The molecule has 0 aliphatic heterocycles. The number of hydrogen-bond acceptors (Lipinski definition) is 3. The number of benzene rings is 2. The van der Waals surface area contributed by atoms with Gasteiger partial charge >= 0.3 is 0 Å². The fraction of sp³-hybridized carbons (Fsp3) is 0.517. The van der Waals surface area contributed by atoms with E-state index in [0.717, 1.165) is 35.7 Å². The first-order valence-electron chi connectivity index (χ1n) is 12.1. The minimum atomic E-state index is -1.42. The van der Waals surface area contributed by atoms with Crippen LogP contribution in [0, 0.1) is 5.41 Å². The van der Waals surface area contributed by atoms with Gasteiger partial charge in [-0.15, -0.1) is 0 Å². The van der Waals surface area contributed by atoms with Gasteiger partial charge < -0.3 is 15.3 Å². The van der Waals surface area contributed by atoms with Crippen LogP contribution in [0.15, 0.2) is 48.5 Å². The number of rotatable bonds is 10. The second-order valence-corrected chi connectivity index (χ2v) is 11.3. The Bertz CT molecular complexity index is 919. The van der Waals surface area contributed by atoms with Crippen LogP contribution in [0.25, 0.3) is 3.58 Å². The summed E-state index contributed by atoms with van der Waals surface area (Å²) in [6.07, 6.45) is 5.14. The molecular formula is C29H41IO3. The van der Waals surface area contributed by atoms with Crippen molar-refractivity contribution < 1.29 is 15.3 Å². The maximum Gasteiger partial charge on any atom is 0.178 e.